The molecule has 0 bridgehead atoms. The molecule has 0 unspecified atom stereocenters. The Kier molecular flexibility index (Phi) is 7.25. The fourth-order valence-electron chi connectivity index (χ4n) is 3.08. The molecule has 1 fully saturated rings. The summed E-state index contributed by atoms with van der Waals surface area (Å²) >= 11 is 3.22. The highest BCUT2D eigenvalue weighted by atomic mass is 79.9. The monoisotopic (exact) mass is 443 g/mol. The third-order valence-electron chi connectivity index (χ3n) is 4.44. The predicted octanol–water partition coefficient (Wildman–Crippen LogP) is 2.96. The lowest BCUT2D eigenvalue weighted by atomic mass is 10.1. The molecule has 8 heteroatoms. The van der Waals surface area contributed by atoms with Crippen LogP contribution in [0.4, 0.5) is 5.69 Å². The minimum Gasteiger partial charge on any atom is -0.371 e. The van der Waals surface area contributed by atoms with Gasteiger partial charge >= 0.3 is 0 Å². The second kappa shape index (κ2) is 9.01. The van der Waals surface area contributed by atoms with E-state index in [9.17, 15) is 13.2 Å². The number of nitrogens with one attached hydrogen (secondary N) is 1. The minimum absolute atomic E-state index is 0.145. The Balaban J connectivity index is 2.46. The molecule has 26 heavy (non-hydrogen) atoms. The first-order chi connectivity index (χ1) is 12.3. The molecule has 6 nitrogen and oxygen atoms in total. The number of anilines is 1. The van der Waals surface area contributed by atoms with Crippen LogP contribution in [0.1, 0.15) is 37.0 Å². The minimum atomic E-state index is -3.62. The Labute approximate surface area is 164 Å². The van der Waals surface area contributed by atoms with Gasteiger partial charge in [-0.05, 0) is 31.0 Å². The van der Waals surface area contributed by atoms with Gasteiger partial charge in [0.2, 0.25) is 10.0 Å². The topological polar surface area (TPSA) is 69.7 Å². The summed E-state index contributed by atoms with van der Waals surface area (Å²) in [5.41, 5.74) is 1.16. The molecule has 144 valence electrons. The first-order valence-electron chi connectivity index (χ1n) is 8.81. The van der Waals surface area contributed by atoms with E-state index in [0.29, 0.717) is 23.1 Å². The number of halogens is 1. The van der Waals surface area contributed by atoms with Crippen molar-refractivity contribution in [2.24, 2.45) is 0 Å². The molecule has 1 aromatic rings. The van der Waals surface area contributed by atoms with Gasteiger partial charge < -0.3 is 10.2 Å². The maximum atomic E-state index is 12.8. The number of rotatable bonds is 8. The maximum Gasteiger partial charge on any atom is 0.253 e. The SMILES string of the molecule is C=C(Br)CNC(=O)c1cc(S(=O)(=O)N(CC)CC)ccc1N1CCCC1. The van der Waals surface area contributed by atoms with Crippen molar-refractivity contribution >= 4 is 37.5 Å². The fourth-order valence-corrected chi connectivity index (χ4v) is 4.70. The van der Waals surface area contributed by atoms with Crippen LogP contribution >= 0.6 is 15.9 Å². The molecule has 1 amide bonds. The molecule has 1 saturated heterocycles. The van der Waals surface area contributed by atoms with Crippen molar-refractivity contribution in [3.05, 3.63) is 34.8 Å². The van der Waals surface area contributed by atoms with Gasteiger partial charge in [-0.1, -0.05) is 36.4 Å². The summed E-state index contributed by atoms with van der Waals surface area (Å²) in [4.78, 5) is 15.0. The highest BCUT2D eigenvalue weighted by Gasteiger charge is 2.26. The molecule has 2 rings (SSSR count). The molecule has 0 spiro atoms. The molecule has 0 aliphatic carbocycles. The third-order valence-corrected chi connectivity index (χ3v) is 6.77. The van der Waals surface area contributed by atoms with E-state index in [2.05, 4.69) is 32.7 Å². The van der Waals surface area contributed by atoms with Gasteiger partial charge in [-0.2, -0.15) is 4.31 Å². The average Bonchev–Trinajstić information content (AvgIpc) is 3.14. The maximum absolute atomic E-state index is 12.8. The van der Waals surface area contributed by atoms with E-state index in [-0.39, 0.29) is 17.3 Å². The van der Waals surface area contributed by atoms with Gasteiger partial charge in [0, 0.05) is 42.9 Å². The van der Waals surface area contributed by atoms with Crippen LogP contribution in [0.3, 0.4) is 0 Å². The van der Waals surface area contributed by atoms with Gasteiger partial charge in [0.15, 0.2) is 0 Å². The molecule has 0 atom stereocenters. The Morgan fingerprint density at radius 2 is 1.88 bits per heavy atom. The van der Waals surface area contributed by atoms with Gasteiger partial charge in [0.05, 0.1) is 10.5 Å². The van der Waals surface area contributed by atoms with Gasteiger partial charge in [0.1, 0.15) is 0 Å². The number of hydrogen-bond acceptors (Lipinski definition) is 4. The van der Waals surface area contributed by atoms with Crippen molar-refractivity contribution in [1.29, 1.82) is 0 Å². The second-order valence-corrected chi connectivity index (χ2v) is 9.22. The van der Waals surface area contributed by atoms with Crippen molar-refractivity contribution in [2.45, 2.75) is 31.6 Å². The summed E-state index contributed by atoms with van der Waals surface area (Å²) in [5.74, 6) is -0.302. The summed E-state index contributed by atoms with van der Waals surface area (Å²) in [6.45, 7) is 10.1. The van der Waals surface area contributed by atoms with Gasteiger partial charge in [0.25, 0.3) is 5.91 Å². The summed E-state index contributed by atoms with van der Waals surface area (Å²) in [7, 11) is -3.62. The van der Waals surface area contributed by atoms with Crippen LogP contribution in [0, 0.1) is 0 Å². The lowest BCUT2D eigenvalue weighted by molar-refractivity contribution is 0.0958. The molecular weight excluding hydrogens is 418 g/mol. The molecule has 1 heterocycles. The average molecular weight is 444 g/mol. The fraction of sp³-hybridized carbons (Fsp3) is 0.500. The van der Waals surface area contributed by atoms with E-state index >= 15 is 0 Å². The Hall–Kier alpha value is -1.38. The summed E-state index contributed by atoms with van der Waals surface area (Å²) in [6.07, 6.45) is 2.14. The quantitative estimate of drug-likeness (QED) is 0.670. The standard InChI is InChI=1S/C18H26BrN3O3S/c1-4-22(5-2)26(24,25)15-8-9-17(21-10-6-7-11-21)16(12-15)18(23)20-13-14(3)19/h8-9,12H,3-7,10-11,13H2,1-2H3,(H,20,23). The van der Waals surface area contributed by atoms with E-state index in [0.717, 1.165) is 31.6 Å². The lowest BCUT2D eigenvalue weighted by Gasteiger charge is -2.23. The zero-order valence-electron chi connectivity index (χ0n) is 15.3. The Morgan fingerprint density at radius 1 is 1.27 bits per heavy atom. The van der Waals surface area contributed by atoms with Crippen molar-refractivity contribution in [2.75, 3.05) is 37.6 Å². The van der Waals surface area contributed by atoms with E-state index in [1.807, 2.05) is 0 Å². The first-order valence-corrected chi connectivity index (χ1v) is 11.0. The number of sulfonamides is 1. The van der Waals surface area contributed by atoms with Crippen LogP contribution in [-0.2, 0) is 10.0 Å². The number of carbonyl (C=O) groups is 1. The Morgan fingerprint density at radius 3 is 2.42 bits per heavy atom. The van der Waals surface area contributed by atoms with E-state index in [4.69, 9.17) is 0 Å². The second-order valence-electron chi connectivity index (χ2n) is 6.16. The van der Waals surface area contributed by atoms with E-state index < -0.39 is 10.0 Å². The molecule has 1 N–H and O–H groups in total. The van der Waals surface area contributed by atoms with Crippen molar-refractivity contribution in [1.82, 2.24) is 9.62 Å². The molecule has 1 aliphatic heterocycles. The zero-order chi connectivity index (χ0) is 19.3. The van der Waals surface area contributed by atoms with E-state index in [1.54, 1.807) is 26.0 Å². The van der Waals surface area contributed by atoms with Gasteiger partial charge in [-0.15, -0.1) is 0 Å². The number of nitrogens with zero attached hydrogens (tertiary/aromatic N) is 2. The van der Waals surface area contributed by atoms with Crippen molar-refractivity contribution in [3.8, 4) is 0 Å². The summed E-state index contributed by atoms with van der Waals surface area (Å²) in [6, 6.07) is 4.84. The van der Waals surface area contributed by atoms with Crippen LogP contribution in [0.25, 0.3) is 0 Å². The zero-order valence-corrected chi connectivity index (χ0v) is 17.7. The van der Waals surface area contributed by atoms with Gasteiger partial charge in [-0.3, -0.25) is 4.79 Å². The van der Waals surface area contributed by atoms with Crippen molar-refractivity contribution < 1.29 is 13.2 Å². The molecule has 0 aromatic heterocycles. The highest BCUT2D eigenvalue weighted by molar-refractivity contribution is 9.11. The predicted molar refractivity (Wildman–Crippen MR) is 108 cm³/mol. The lowest BCUT2D eigenvalue weighted by Crippen LogP contribution is -2.32. The third kappa shape index (κ3) is 4.66. The smallest absolute Gasteiger partial charge is 0.253 e. The number of carbonyl (C=O) groups excluding carboxylic acids is 1. The van der Waals surface area contributed by atoms with E-state index in [1.165, 1.54) is 10.4 Å². The highest BCUT2D eigenvalue weighted by Crippen LogP contribution is 2.28. The van der Waals surface area contributed by atoms with Crippen LogP contribution in [-0.4, -0.2) is 51.4 Å². The molecular formula is C18H26BrN3O3S. The number of benzene rings is 1. The number of amides is 1. The molecule has 0 radical (unpaired) electrons. The normalized spacial score (nSPS) is 14.7. The van der Waals surface area contributed by atoms with Crippen LogP contribution in [0.5, 0.6) is 0 Å². The summed E-state index contributed by atoms with van der Waals surface area (Å²) in [5, 5.41) is 2.78. The Bertz CT molecular complexity index is 770. The molecule has 1 aliphatic rings. The van der Waals surface area contributed by atoms with Crippen LogP contribution < -0.4 is 10.2 Å². The number of hydrogen-bond donors (Lipinski definition) is 1. The van der Waals surface area contributed by atoms with Gasteiger partial charge in [-0.25, -0.2) is 8.42 Å². The van der Waals surface area contributed by atoms with Crippen LogP contribution in [0.15, 0.2) is 34.2 Å². The van der Waals surface area contributed by atoms with Crippen molar-refractivity contribution in [3.63, 3.8) is 0 Å². The summed E-state index contributed by atoms with van der Waals surface area (Å²) < 4.78 is 27.7. The molecule has 1 aromatic carbocycles. The first kappa shape index (κ1) is 20.9. The molecule has 0 saturated carbocycles. The largest absolute Gasteiger partial charge is 0.371 e. The van der Waals surface area contributed by atoms with Crippen LogP contribution in [0.2, 0.25) is 0 Å².